The van der Waals surface area contributed by atoms with E-state index in [-0.39, 0.29) is 5.82 Å². The van der Waals surface area contributed by atoms with Gasteiger partial charge in [0.2, 0.25) is 0 Å². The lowest BCUT2D eigenvalue weighted by molar-refractivity contribution is 0.628. The van der Waals surface area contributed by atoms with E-state index in [1.54, 1.807) is 24.4 Å². The zero-order valence-electron chi connectivity index (χ0n) is 9.31. The zero-order chi connectivity index (χ0) is 12.5. The number of hydrogen-bond acceptors (Lipinski definition) is 3. The van der Waals surface area contributed by atoms with Gasteiger partial charge in [-0.3, -0.25) is 10.2 Å². The summed E-state index contributed by atoms with van der Waals surface area (Å²) in [6, 6.07) is 8.00. The Morgan fingerprint density at radius 1 is 1.17 bits per heavy atom. The summed E-state index contributed by atoms with van der Waals surface area (Å²) in [5.74, 6) is 0.00820. The monoisotopic (exact) mass is 243 g/mol. The van der Waals surface area contributed by atoms with E-state index in [0.717, 1.165) is 5.69 Å². The molecule has 2 aromatic heterocycles. The van der Waals surface area contributed by atoms with Crippen LogP contribution >= 0.6 is 0 Å². The molecule has 90 valence electrons. The molecule has 0 amide bonds. The zero-order valence-corrected chi connectivity index (χ0v) is 9.31. The van der Waals surface area contributed by atoms with Crippen LogP contribution in [0.1, 0.15) is 0 Å². The number of aromatic amines is 2. The normalized spacial score (nSPS) is 10.7. The van der Waals surface area contributed by atoms with Crippen molar-refractivity contribution >= 4 is 5.82 Å². The lowest BCUT2D eigenvalue weighted by Crippen LogP contribution is -1.89. The Hall–Kier alpha value is -2.63. The van der Waals surface area contributed by atoms with Crippen LogP contribution in [-0.4, -0.2) is 20.4 Å². The van der Waals surface area contributed by atoms with Crippen LogP contribution < -0.4 is 5.73 Å². The summed E-state index contributed by atoms with van der Waals surface area (Å²) >= 11 is 0. The maximum atomic E-state index is 13.3. The lowest BCUT2D eigenvalue weighted by atomic mass is 10.0. The highest BCUT2D eigenvalue weighted by Crippen LogP contribution is 2.33. The van der Waals surface area contributed by atoms with Gasteiger partial charge in [0.15, 0.2) is 5.82 Å². The molecule has 6 heteroatoms. The fourth-order valence-corrected chi connectivity index (χ4v) is 1.88. The van der Waals surface area contributed by atoms with Gasteiger partial charge in [0.1, 0.15) is 5.82 Å². The maximum Gasteiger partial charge on any atom is 0.153 e. The first kappa shape index (κ1) is 10.5. The molecule has 0 unspecified atom stereocenters. The maximum absolute atomic E-state index is 13.3. The molecule has 5 nitrogen and oxygen atoms in total. The Kier molecular flexibility index (Phi) is 2.33. The quantitative estimate of drug-likeness (QED) is 0.645. The van der Waals surface area contributed by atoms with Crippen LogP contribution in [-0.2, 0) is 0 Å². The van der Waals surface area contributed by atoms with Gasteiger partial charge < -0.3 is 5.73 Å². The largest absolute Gasteiger partial charge is 0.382 e. The third kappa shape index (κ3) is 1.64. The van der Waals surface area contributed by atoms with Gasteiger partial charge in [-0.2, -0.15) is 10.2 Å². The summed E-state index contributed by atoms with van der Waals surface area (Å²) in [7, 11) is 0. The second-order valence-corrected chi connectivity index (χ2v) is 3.84. The molecule has 0 radical (unpaired) electrons. The number of rotatable bonds is 2. The Bertz CT molecular complexity index is 672. The number of nitrogens with one attached hydrogen (secondary N) is 2. The minimum atomic E-state index is -0.316. The van der Waals surface area contributed by atoms with Crippen molar-refractivity contribution in [3.63, 3.8) is 0 Å². The van der Waals surface area contributed by atoms with Gasteiger partial charge in [-0.25, -0.2) is 4.39 Å². The van der Waals surface area contributed by atoms with Crippen LogP contribution in [0.25, 0.3) is 22.5 Å². The van der Waals surface area contributed by atoms with Crippen LogP contribution in [0.15, 0.2) is 36.5 Å². The number of nitrogens with zero attached hydrogens (tertiary/aromatic N) is 2. The minimum absolute atomic E-state index is 0.316. The topological polar surface area (TPSA) is 83.4 Å². The number of nitrogens with two attached hydrogens (primary N) is 1. The summed E-state index contributed by atoms with van der Waals surface area (Å²) in [6.45, 7) is 0. The van der Waals surface area contributed by atoms with Gasteiger partial charge in [0, 0.05) is 6.20 Å². The average molecular weight is 243 g/mol. The second-order valence-electron chi connectivity index (χ2n) is 3.84. The molecular weight excluding hydrogens is 233 g/mol. The molecule has 1 aromatic carbocycles. The molecule has 0 aliphatic carbocycles. The standard InChI is InChI=1S/C12H10FN5/c13-8-3-1-2-7(6-8)10-11(17-18-12(10)14)9-4-5-15-16-9/h1-6H,(H,15,16)(H3,14,17,18). The molecule has 0 aliphatic rings. The number of nitrogen functional groups attached to an aromatic ring is 1. The third-order valence-corrected chi connectivity index (χ3v) is 2.68. The Balaban J connectivity index is 2.20. The van der Waals surface area contributed by atoms with Crippen LogP contribution in [0.4, 0.5) is 10.2 Å². The predicted octanol–water partition coefficient (Wildman–Crippen LogP) is 2.19. The number of anilines is 1. The van der Waals surface area contributed by atoms with Gasteiger partial charge in [-0.05, 0) is 23.8 Å². The molecule has 0 saturated carbocycles. The minimum Gasteiger partial charge on any atom is -0.382 e. The molecule has 0 aliphatic heterocycles. The molecule has 0 bridgehead atoms. The van der Waals surface area contributed by atoms with Crippen LogP contribution in [0.3, 0.4) is 0 Å². The highest BCUT2D eigenvalue weighted by atomic mass is 19.1. The Morgan fingerprint density at radius 2 is 2.06 bits per heavy atom. The van der Waals surface area contributed by atoms with Crippen molar-refractivity contribution in [1.82, 2.24) is 20.4 Å². The molecule has 0 fully saturated rings. The highest BCUT2D eigenvalue weighted by molar-refractivity contribution is 5.86. The third-order valence-electron chi connectivity index (χ3n) is 2.68. The molecular formula is C12H10FN5. The van der Waals surface area contributed by atoms with Crippen molar-refractivity contribution in [2.24, 2.45) is 0 Å². The molecule has 0 saturated heterocycles. The summed E-state index contributed by atoms with van der Waals surface area (Å²) in [6.07, 6.45) is 1.63. The second kappa shape index (κ2) is 3.99. The molecule has 3 aromatic rings. The molecule has 0 atom stereocenters. The number of benzene rings is 1. The van der Waals surface area contributed by atoms with E-state index in [0.29, 0.717) is 22.6 Å². The van der Waals surface area contributed by atoms with E-state index < -0.39 is 0 Å². The number of H-pyrrole nitrogens is 2. The molecule has 2 heterocycles. The Labute approximate surface area is 102 Å². The molecule has 18 heavy (non-hydrogen) atoms. The first-order chi connectivity index (χ1) is 8.75. The highest BCUT2D eigenvalue weighted by Gasteiger charge is 2.15. The van der Waals surface area contributed by atoms with Crippen molar-refractivity contribution in [3.8, 4) is 22.5 Å². The molecule has 0 spiro atoms. The summed E-state index contributed by atoms with van der Waals surface area (Å²) in [4.78, 5) is 0. The first-order valence-electron chi connectivity index (χ1n) is 5.35. The van der Waals surface area contributed by atoms with E-state index in [9.17, 15) is 4.39 Å². The number of aromatic nitrogens is 4. The van der Waals surface area contributed by atoms with Gasteiger partial charge in [-0.15, -0.1) is 0 Å². The smallest absolute Gasteiger partial charge is 0.153 e. The van der Waals surface area contributed by atoms with Gasteiger partial charge in [0.25, 0.3) is 0 Å². The van der Waals surface area contributed by atoms with Crippen LogP contribution in [0.5, 0.6) is 0 Å². The number of hydrogen-bond donors (Lipinski definition) is 3. The van der Waals surface area contributed by atoms with Crippen molar-refractivity contribution in [1.29, 1.82) is 0 Å². The van der Waals surface area contributed by atoms with Crippen molar-refractivity contribution in [2.45, 2.75) is 0 Å². The summed E-state index contributed by atoms with van der Waals surface area (Å²) in [5, 5.41) is 13.5. The van der Waals surface area contributed by atoms with E-state index in [1.165, 1.54) is 12.1 Å². The predicted molar refractivity (Wildman–Crippen MR) is 66.0 cm³/mol. The number of halogens is 1. The van der Waals surface area contributed by atoms with E-state index in [1.807, 2.05) is 0 Å². The Morgan fingerprint density at radius 3 is 2.78 bits per heavy atom. The fraction of sp³-hybridized carbons (Fsp3) is 0. The summed E-state index contributed by atoms with van der Waals surface area (Å²) in [5.41, 5.74) is 8.61. The fourth-order valence-electron chi connectivity index (χ4n) is 1.88. The average Bonchev–Trinajstić information content (AvgIpc) is 2.97. The van der Waals surface area contributed by atoms with Gasteiger partial charge >= 0.3 is 0 Å². The van der Waals surface area contributed by atoms with Crippen LogP contribution in [0.2, 0.25) is 0 Å². The van der Waals surface area contributed by atoms with Gasteiger partial charge in [0.05, 0.1) is 17.0 Å². The molecule has 4 N–H and O–H groups in total. The summed E-state index contributed by atoms with van der Waals surface area (Å²) < 4.78 is 13.3. The van der Waals surface area contributed by atoms with Crippen molar-refractivity contribution < 1.29 is 4.39 Å². The van der Waals surface area contributed by atoms with Crippen molar-refractivity contribution in [3.05, 3.63) is 42.3 Å². The SMILES string of the molecule is Nc1n[nH]c(-c2ccn[nH]2)c1-c1cccc(F)c1. The van der Waals surface area contributed by atoms with Crippen LogP contribution in [0, 0.1) is 5.82 Å². The lowest BCUT2D eigenvalue weighted by Gasteiger charge is -2.02. The van der Waals surface area contributed by atoms with Gasteiger partial charge in [-0.1, -0.05) is 12.1 Å². The molecule has 3 rings (SSSR count). The first-order valence-corrected chi connectivity index (χ1v) is 5.35. The van der Waals surface area contributed by atoms with E-state index in [2.05, 4.69) is 20.4 Å². The van der Waals surface area contributed by atoms with E-state index >= 15 is 0 Å². The van der Waals surface area contributed by atoms with E-state index in [4.69, 9.17) is 5.73 Å². The van der Waals surface area contributed by atoms with Crippen molar-refractivity contribution in [2.75, 3.05) is 5.73 Å².